The smallest absolute Gasteiger partial charge is 0.247 e. The van der Waals surface area contributed by atoms with E-state index in [1.54, 1.807) is 23.1 Å². The Morgan fingerprint density at radius 1 is 1.00 bits per heavy atom. The third-order valence-corrected chi connectivity index (χ3v) is 4.90. The Morgan fingerprint density at radius 3 is 2.45 bits per heavy atom. The van der Waals surface area contributed by atoms with Gasteiger partial charge in [-0.2, -0.15) is 0 Å². The van der Waals surface area contributed by atoms with E-state index in [1.807, 2.05) is 61.5 Å². The standard InChI is InChI=1S/C26H25FN2O2/c1-19(23-11-7-13-25(17-23)28-20(2)30)29(18-22-8-4-3-5-9-22)26(31)15-14-21-10-6-12-24(27)16-21/h3-17,19H,18H2,1-2H3,(H,28,30)/b15-14+/t19-/m0/s1. The normalized spacial score (nSPS) is 11.8. The van der Waals surface area contributed by atoms with Gasteiger partial charge >= 0.3 is 0 Å². The number of benzene rings is 3. The van der Waals surface area contributed by atoms with Gasteiger partial charge in [-0.05, 0) is 54.0 Å². The lowest BCUT2D eigenvalue weighted by Gasteiger charge is -2.29. The molecular weight excluding hydrogens is 391 g/mol. The molecule has 158 valence electrons. The van der Waals surface area contributed by atoms with Crippen LogP contribution in [0.1, 0.15) is 36.6 Å². The zero-order valence-electron chi connectivity index (χ0n) is 17.6. The Balaban J connectivity index is 1.88. The summed E-state index contributed by atoms with van der Waals surface area (Å²) in [4.78, 5) is 26.3. The number of anilines is 1. The van der Waals surface area contributed by atoms with Gasteiger partial charge in [0.25, 0.3) is 0 Å². The number of nitrogens with zero attached hydrogens (tertiary/aromatic N) is 1. The number of nitrogens with one attached hydrogen (secondary N) is 1. The van der Waals surface area contributed by atoms with Crippen LogP contribution in [0.2, 0.25) is 0 Å². The molecule has 0 aliphatic rings. The van der Waals surface area contributed by atoms with Crippen LogP contribution in [0, 0.1) is 5.82 Å². The Morgan fingerprint density at radius 2 is 1.74 bits per heavy atom. The highest BCUT2D eigenvalue weighted by atomic mass is 19.1. The highest BCUT2D eigenvalue weighted by Crippen LogP contribution is 2.25. The second kappa shape index (κ2) is 10.3. The molecule has 0 radical (unpaired) electrons. The lowest BCUT2D eigenvalue weighted by Crippen LogP contribution is -2.31. The minimum atomic E-state index is -0.348. The minimum Gasteiger partial charge on any atom is -0.328 e. The molecule has 3 rings (SSSR count). The molecule has 0 spiro atoms. The fourth-order valence-electron chi connectivity index (χ4n) is 3.32. The van der Waals surface area contributed by atoms with Crippen molar-refractivity contribution in [1.82, 2.24) is 4.90 Å². The highest BCUT2D eigenvalue weighted by Gasteiger charge is 2.20. The molecule has 0 heterocycles. The second-order valence-electron chi connectivity index (χ2n) is 7.32. The van der Waals surface area contributed by atoms with E-state index in [0.717, 1.165) is 11.1 Å². The maximum Gasteiger partial charge on any atom is 0.247 e. The van der Waals surface area contributed by atoms with Crippen LogP contribution in [0.3, 0.4) is 0 Å². The lowest BCUT2D eigenvalue weighted by molar-refractivity contribution is -0.128. The van der Waals surface area contributed by atoms with Gasteiger partial charge in [-0.25, -0.2) is 4.39 Å². The summed E-state index contributed by atoms with van der Waals surface area (Å²) < 4.78 is 13.5. The molecule has 0 aromatic heterocycles. The third-order valence-electron chi connectivity index (χ3n) is 4.90. The first-order valence-electron chi connectivity index (χ1n) is 10.1. The molecule has 3 aromatic carbocycles. The van der Waals surface area contributed by atoms with Gasteiger partial charge in [-0.3, -0.25) is 9.59 Å². The zero-order chi connectivity index (χ0) is 22.2. The summed E-state index contributed by atoms with van der Waals surface area (Å²) in [5.41, 5.74) is 3.20. The first kappa shape index (κ1) is 22.0. The molecule has 0 aliphatic heterocycles. The molecule has 1 atom stereocenters. The van der Waals surface area contributed by atoms with Crippen LogP contribution in [-0.4, -0.2) is 16.7 Å². The van der Waals surface area contributed by atoms with E-state index in [2.05, 4.69) is 5.32 Å². The third kappa shape index (κ3) is 6.37. The van der Waals surface area contributed by atoms with Crippen molar-refractivity contribution in [3.8, 4) is 0 Å². The van der Waals surface area contributed by atoms with Crippen LogP contribution in [0.15, 0.2) is 84.9 Å². The predicted octanol–water partition coefficient (Wildman–Crippen LogP) is 5.59. The van der Waals surface area contributed by atoms with Crippen molar-refractivity contribution in [2.24, 2.45) is 0 Å². The summed E-state index contributed by atoms with van der Waals surface area (Å²) >= 11 is 0. The van der Waals surface area contributed by atoms with Crippen molar-refractivity contribution in [2.45, 2.75) is 26.4 Å². The van der Waals surface area contributed by atoms with Gasteiger partial charge in [0.15, 0.2) is 0 Å². The summed E-state index contributed by atoms with van der Waals surface area (Å²) in [7, 11) is 0. The van der Waals surface area contributed by atoms with Gasteiger partial charge in [0, 0.05) is 25.2 Å². The van der Waals surface area contributed by atoms with Crippen LogP contribution in [0.5, 0.6) is 0 Å². The summed E-state index contributed by atoms with van der Waals surface area (Å²) in [6.45, 7) is 3.82. The Hall–Kier alpha value is -3.73. The number of hydrogen-bond acceptors (Lipinski definition) is 2. The van der Waals surface area contributed by atoms with Crippen molar-refractivity contribution >= 4 is 23.6 Å². The number of amides is 2. The van der Waals surface area contributed by atoms with Gasteiger partial charge in [-0.15, -0.1) is 0 Å². The molecule has 2 amide bonds. The molecule has 3 aromatic rings. The molecular formula is C26H25FN2O2. The second-order valence-corrected chi connectivity index (χ2v) is 7.32. The maximum absolute atomic E-state index is 13.5. The zero-order valence-corrected chi connectivity index (χ0v) is 17.6. The molecule has 0 saturated carbocycles. The quantitative estimate of drug-likeness (QED) is 0.511. The average Bonchev–Trinajstić information content (AvgIpc) is 2.76. The van der Waals surface area contributed by atoms with Crippen molar-refractivity contribution in [1.29, 1.82) is 0 Å². The van der Waals surface area contributed by atoms with Crippen LogP contribution in [0.4, 0.5) is 10.1 Å². The van der Waals surface area contributed by atoms with Gasteiger partial charge in [-0.1, -0.05) is 54.6 Å². The molecule has 0 fully saturated rings. The molecule has 0 aliphatic carbocycles. The Kier molecular flexibility index (Phi) is 7.33. The maximum atomic E-state index is 13.5. The van der Waals surface area contributed by atoms with Crippen molar-refractivity contribution < 1.29 is 14.0 Å². The topological polar surface area (TPSA) is 49.4 Å². The number of carbonyl (C=O) groups is 2. The molecule has 0 bridgehead atoms. The first-order valence-corrected chi connectivity index (χ1v) is 10.1. The number of rotatable bonds is 7. The fraction of sp³-hybridized carbons (Fsp3) is 0.154. The molecule has 4 nitrogen and oxygen atoms in total. The summed E-state index contributed by atoms with van der Waals surface area (Å²) in [5.74, 6) is -0.690. The van der Waals surface area contributed by atoms with E-state index >= 15 is 0 Å². The fourth-order valence-corrected chi connectivity index (χ4v) is 3.32. The van der Waals surface area contributed by atoms with E-state index < -0.39 is 0 Å². The van der Waals surface area contributed by atoms with Crippen LogP contribution >= 0.6 is 0 Å². The van der Waals surface area contributed by atoms with Crippen molar-refractivity contribution in [3.63, 3.8) is 0 Å². The SMILES string of the molecule is CC(=O)Nc1cccc([C@H](C)N(Cc2ccccc2)C(=O)/C=C/c2cccc(F)c2)c1. The number of hydrogen-bond donors (Lipinski definition) is 1. The van der Waals surface area contributed by atoms with Crippen LogP contribution in [-0.2, 0) is 16.1 Å². The highest BCUT2D eigenvalue weighted by molar-refractivity contribution is 5.92. The summed E-state index contributed by atoms with van der Waals surface area (Å²) in [6, 6.07) is 23.0. The van der Waals surface area contributed by atoms with Crippen LogP contribution in [0.25, 0.3) is 6.08 Å². The number of carbonyl (C=O) groups excluding carboxylic acids is 2. The minimum absolute atomic E-state index is 0.153. The number of halogens is 1. The van der Waals surface area contributed by atoms with Gasteiger partial charge in [0.05, 0.1) is 6.04 Å². The molecule has 0 unspecified atom stereocenters. The van der Waals surface area contributed by atoms with Crippen molar-refractivity contribution in [2.75, 3.05) is 5.32 Å². The first-order chi connectivity index (χ1) is 14.9. The Bertz CT molecular complexity index is 1080. The summed E-state index contributed by atoms with van der Waals surface area (Å²) in [6.07, 6.45) is 3.08. The van der Waals surface area contributed by atoms with E-state index in [-0.39, 0.29) is 23.7 Å². The monoisotopic (exact) mass is 416 g/mol. The van der Waals surface area contributed by atoms with Gasteiger partial charge in [0.1, 0.15) is 5.82 Å². The molecule has 0 saturated heterocycles. The largest absolute Gasteiger partial charge is 0.328 e. The van der Waals surface area contributed by atoms with E-state index in [1.165, 1.54) is 25.1 Å². The molecule has 5 heteroatoms. The molecule has 1 N–H and O–H groups in total. The lowest BCUT2D eigenvalue weighted by atomic mass is 10.0. The summed E-state index contributed by atoms with van der Waals surface area (Å²) in [5, 5.41) is 2.78. The predicted molar refractivity (Wildman–Crippen MR) is 122 cm³/mol. The van der Waals surface area contributed by atoms with Gasteiger partial charge in [0.2, 0.25) is 11.8 Å². The molecule has 31 heavy (non-hydrogen) atoms. The van der Waals surface area contributed by atoms with E-state index in [9.17, 15) is 14.0 Å². The van der Waals surface area contributed by atoms with E-state index in [4.69, 9.17) is 0 Å². The van der Waals surface area contributed by atoms with Crippen molar-refractivity contribution in [3.05, 3.63) is 107 Å². The van der Waals surface area contributed by atoms with Gasteiger partial charge < -0.3 is 10.2 Å². The van der Waals surface area contributed by atoms with E-state index in [0.29, 0.717) is 17.8 Å². The Labute approximate surface area is 182 Å². The average molecular weight is 416 g/mol. The van der Waals surface area contributed by atoms with Crippen LogP contribution < -0.4 is 5.32 Å².